The van der Waals surface area contributed by atoms with Crippen molar-refractivity contribution in [1.29, 1.82) is 0 Å². The van der Waals surface area contributed by atoms with Gasteiger partial charge in [-0.25, -0.2) is 0 Å². The fraction of sp³-hybridized carbons (Fsp3) is 0.318. The van der Waals surface area contributed by atoms with Crippen LogP contribution in [0.2, 0.25) is 0 Å². The lowest BCUT2D eigenvalue weighted by atomic mass is 10.1. The number of ether oxygens (including phenoxy) is 2. The van der Waals surface area contributed by atoms with Gasteiger partial charge >= 0.3 is 0 Å². The fourth-order valence-corrected chi connectivity index (χ4v) is 2.89. The van der Waals surface area contributed by atoms with Crippen molar-refractivity contribution in [3.8, 4) is 22.9 Å². The van der Waals surface area contributed by atoms with Gasteiger partial charge in [0.2, 0.25) is 11.7 Å². The lowest BCUT2D eigenvalue weighted by molar-refractivity contribution is -0.128. The van der Waals surface area contributed by atoms with E-state index in [9.17, 15) is 4.79 Å². The maximum atomic E-state index is 12.5. The van der Waals surface area contributed by atoms with Crippen LogP contribution < -0.4 is 14.8 Å². The molecule has 0 radical (unpaired) electrons. The van der Waals surface area contributed by atoms with Crippen LogP contribution in [-0.4, -0.2) is 29.3 Å². The number of aromatic nitrogens is 2. The highest BCUT2D eigenvalue weighted by atomic mass is 16.5. The molecule has 1 aromatic heterocycles. The molecule has 0 bridgehead atoms. The third-order valence-corrected chi connectivity index (χ3v) is 4.47. The van der Waals surface area contributed by atoms with E-state index in [4.69, 9.17) is 14.0 Å². The molecule has 0 saturated heterocycles. The minimum atomic E-state index is -0.600. The number of nitrogens with zero attached hydrogens (tertiary/aromatic N) is 2. The first-order valence-corrected chi connectivity index (χ1v) is 9.48. The third-order valence-electron chi connectivity index (χ3n) is 4.47. The Morgan fingerprint density at radius 1 is 1.21 bits per heavy atom. The first-order chi connectivity index (χ1) is 14.0. The molecule has 2 aromatic carbocycles. The van der Waals surface area contributed by atoms with E-state index < -0.39 is 6.10 Å². The fourth-order valence-electron chi connectivity index (χ4n) is 2.89. The van der Waals surface area contributed by atoms with E-state index in [1.54, 1.807) is 7.11 Å². The second kappa shape index (κ2) is 9.23. The smallest absolute Gasteiger partial charge is 0.261 e. The number of hydrogen-bond donors (Lipinski definition) is 1. The Labute approximate surface area is 170 Å². The number of benzene rings is 2. The Bertz CT molecular complexity index is 984. The Morgan fingerprint density at radius 3 is 2.76 bits per heavy atom. The van der Waals surface area contributed by atoms with Gasteiger partial charge in [-0.15, -0.1) is 0 Å². The minimum absolute atomic E-state index is 0.128. The number of carbonyl (C=O) groups excluding carboxylic acids is 1. The van der Waals surface area contributed by atoms with Crippen LogP contribution in [0.15, 0.2) is 47.0 Å². The average molecular weight is 395 g/mol. The maximum absolute atomic E-state index is 12.5. The molecule has 0 aliphatic rings. The van der Waals surface area contributed by atoms with Crippen molar-refractivity contribution >= 4 is 5.91 Å². The first-order valence-electron chi connectivity index (χ1n) is 9.48. The molecule has 0 saturated carbocycles. The molecule has 0 fully saturated rings. The van der Waals surface area contributed by atoms with Gasteiger partial charge in [0, 0.05) is 5.56 Å². The normalized spacial score (nSPS) is 11.7. The van der Waals surface area contributed by atoms with Crippen LogP contribution in [0.5, 0.6) is 11.5 Å². The summed E-state index contributed by atoms with van der Waals surface area (Å²) < 4.78 is 16.4. The number of aryl methyl sites for hydroxylation is 2. The third kappa shape index (κ3) is 5.13. The largest absolute Gasteiger partial charge is 0.497 e. The minimum Gasteiger partial charge on any atom is -0.497 e. The molecule has 1 amide bonds. The summed E-state index contributed by atoms with van der Waals surface area (Å²) in [6, 6.07) is 13.2. The van der Waals surface area contributed by atoms with Crippen LogP contribution in [0.4, 0.5) is 0 Å². The molecule has 7 heteroatoms. The predicted octanol–water partition coefficient (Wildman–Crippen LogP) is 3.84. The second-order valence-corrected chi connectivity index (χ2v) is 6.75. The maximum Gasteiger partial charge on any atom is 0.261 e. The molecule has 1 N–H and O–H groups in total. The zero-order chi connectivity index (χ0) is 20.8. The van der Waals surface area contributed by atoms with Crippen molar-refractivity contribution in [3.05, 3.63) is 59.5 Å². The van der Waals surface area contributed by atoms with Crippen LogP contribution >= 0.6 is 0 Å². The first kappa shape index (κ1) is 20.4. The van der Waals surface area contributed by atoms with E-state index in [-0.39, 0.29) is 12.5 Å². The Morgan fingerprint density at radius 2 is 2.03 bits per heavy atom. The zero-order valence-electron chi connectivity index (χ0n) is 17.1. The molecule has 0 aliphatic carbocycles. The van der Waals surface area contributed by atoms with E-state index in [0.717, 1.165) is 16.7 Å². The summed E-state index contributed by atoms with van der Waals surface area (Å²) in [6.45, 7) is 6.01. The molecule has 3 rings (SSSR count). The lowest BCUT2D eigenvalue weighted by Gasteiger charge is -2.18. The van der Waals surface area contributed by atoms with Gasteiger partial charge in [-0.05, 0) is 44.0 Å². The molecule has 0 aliphatic heterocycles. The molecule has 3 aromatic rings. The standard InChI is InChI=1S/C22H25N3O4/c1-5-18(28-19-10-9-14(2)11-15(19)3)22(26)23-13-20-24-21(25-29-20)16-7-6-8-17(12-16)27-4/h6-12,18H,5,13H2,1-4H3,(H,23,26)/t18-/m1/s1. The van der Waals surface area contributed by atoms with Crippen LogP contribution in [0, 0.1) is 13.8 Å². The molecule has 7 nitrogen and oxygen atoms in total. The monoisotopic (exact) mass is 395 g/mol. The SMILES string of the molecule is CC[C@@H](Oc1ccc(C)cc1C)C(=O)NCc1nc(-c2cccc(OC)c2)no1. The number of nitrogens with one attached hydrogen (secondary N) is 1. The van der Waals surface area contributed by atoms with Crippen molar-refractivity contribution in [1.82, 2.24) is 15.5 Å². The molecule has 0 spiro atoms. The number of carbonyl (C=O) groups is 1. The van der Waals surface area contributed by atoms with Crippen molar-refractivity contribution in [3.63, 3.8) is 0 Å². The van der Waals surface area contributed by atoms with Crippen molar-refractivity contribution in [2.75, 3.05) is 7.11 Å². The highest BCUT2D eigenvalue weighted by Gasteiger charge is 2.20. The molecule has 0 unspecified atom stereocenters. The van der Waals surface area contributed by atoms with Crippen molar-refractivity contribution in [2.45, 2.75) is 39.8 Å². The van der Waals surface area contributed by atoms with E-state index in [1.807, 2.05) is 63.2 Å². The summed E-state index contributed by atoms with van der Waals surface area (Å²) in [7, 11) is 1.60. The van der Waals surface area contributed by atoms with Gasteiger partial charge < -0.3 is 19.3 Å². The van der Waals surface area contributed by atoms with Crippen molar-refractivity contribution < 1.29 is 18.8 Å². The van der Waals surface area contributed by atoms with Gasteiger partial charge in [0.05, 0.1) is 13.7 Å². The summed E-state index contributed by atoms with van der Waals surface area (Å²) in [6.07, 6.45) is -0.0601. The van der Waals surface area contributed by atoms with E-state index in [0.29, 0.717) is 29.6 Å². The summed E-state index contributed by atoms with van der Waals surface area (Å²) in [4.78, 5) is 16.9. The van der Waals surface area contributed by atoms with Crippen molar-refractivity contribution in [2.24, 2.45) is 0 Å². The van der Waals surface area contributed by atoms with Crippen LogP contribution in [0.1, 0.15) is 30.4 Å². The summed E-state index contributed by atoms with van der Waals surface area (Å²) in [5.74, 6) is 1.94. The predicted molar refractivity (Wildman–Crippen MR) is 109 cm³/mol. The van der Waals surface area contributed by atoms with E-state index >= 15 is 0 Å². The number of methoxy groups -OCH3 is 1. The average Bonchev–Trinajstić information content (AvgIpc) is 3.20. The topological polar surface area (TPSA) is 86.5 Å². The highest BCUT2D eigenvalue weighted by molar-refractivity contribution is 5.81. The van der Waals surface area contributed by atoms with Gasteiger partial charge in [-0.2, -0.15) is 4.98 Å². The van der Waals surface area contributed by atoms with E-state index in [1.165, 1.54) is 0 Å². The van der Waals surface area contributed by atoms with E-state index in [2.05, 4.69) is 15.5 Å². The highest BCUT2D eigenvalue weighted by Crippen LogP contribution is 2.22. The Kier molecular flexibility index (Phi) is 6.49. The molecule has 1 atom stereocenters. The second-order valence-electron chi connectivity index (χ2n) is 6.75. The Balaban J connectivity index is 1.61. The molecule has 1 heterocycles. The summed E-state index contributed by atoms with van der Waals surface area (Å²) in [5, 5.41) is 6.77. The van der Waals surface area contributed by atoms with Crippen LogP contribution in [0.25, 0.3) is 11.4 Å². The van der Waals surface area contributed by atoms with Crippen LogP contribution in [-0.2, 0) is 11.3 Å². The van der Waals surface area contributed by atoms with Gasteiger partial charge in [-0.1, -0.05) is 41.9 Å². The molecular formula is C22H25N3O4. The van der Waals surface area contributed by atoms with Gasteiger partial charge in [-0.3, -0.25) is 4.79 Å². The van der Waals surface area contributed by atoms with Gasteiger partial charge in [0.1, 0.15) is 11.5 Å². The summed E-state index contributed by atoms with van der Waals surface area (Å²) in [5.41, 5.74) is 2.92. The van der Waals surface area contributed by atoms with Crippen LogP contribution in [0.3, 0.4) is 0 Å². The quantitative estimate of drug-likeness (QED) is 0.624. The Hall–Kier alpha value is -3.35. The molecule has 152 valence electrons. The van der Waals surface area contributed by atoms with Gasteiger partial charge in [0.15, 0.2) is 6.10 Å². The molecule has 29 heavy (non-hydrogen) atoms. The summed E-state index contributed by atoms with van der Waals surface area (Å²) >= 11 is 0. The van der Waals surface area contributed by atoms with Gasteiger partial charge in [0.25, 0.3) is 5.91 Å². The molecular weight excluding hydrogens is 370 g/mol. The number of amides is 1. The zero-order valence-corrected chi connectivity index (χ0v) is 17.1. The lowest BCUT2D eigenvalue weighted by Crippen LogP contribution is -2.37. The number of rotatable bonds is 8. The number of hydrogen-bond acceptors (Lipinski definition) is 6.